The van der Waals surface area contributed by atoms with Gasteiger partial charge in [0.1, 0.15) is 0 Å². The van der Waals surface area contributed by atoms with Gasteiger partial charge in [0.05, 0.1) is 10.6 Å². The highest BCUT2D eigenvalue weighted by atomic mass is 35.5. The van der Waals surface area contributed by atoms with Crippen molar-refractivity contribution in [1.29, 1.82) is 0 Å². The van der Waals surface area contributed by atoms with Gasteiger partial charge in [-0.2, -0.15) is 0 Å². The van der Waals surface area contributed by atoms with Crippen molar-refractivity contribution < 1.29 is 8.42 Å². The Labute approximate surface area is 141 Å². The third kappa shape index (κ3) is 2.69. The number of hydrogen-bond donors (Lipinski definition) is 1. The standard InChI is InChI=1S/C18H18ClNO2S/c19-16-7-3-1-5-14(16)12-9-13(10-12)20-17-11-23(21,22)18-8-4-2-6-15(17)18/h1-8,12-13,17,20H,9-11H2. The fraction of sp³-hybridized carbons (Fsp3) is 0.333. The molecule has 0 spiro atoms. The summed E-state index contributed by atoms with van der Waals surface area (Å²) in [6, 6.07) is 15.5. The van der Waals surface area contributed by atoms with Crippen LogP contribution in [0.5, 0.6) is 0 Å². The van der Waals surface area contributed by atoms with Gasteiger partial charge in [0.2, 0.25) is 0 Å². The van der Waals surface area contributed by atoms with Gasteiger partial charge >= 0.3 is 0 Å². The summed E-state index contributed by atoms with van der Waals surface area (Å²) in [6.45, 7) is 0. The third-order valence-corrected chi connectivity index (χ3v) is 7.09. The lowest BCUT2D eigenvalue weighted by atomic mass is 9.75. The molecule has 3 nitrogen and oxygen atoms in total. The number of halogens is 1. The molecule has 2 aromatic rings. The van der Waals surface area contributed by atoms with Crippen molar-refractivity contribution in [3.05, 3.63) is 64.7 Å². The molecule has 4 rings (SSSR count). The Morgan fingerprint density at radius 2 is 1.61 bits per heavy atom. The van der Waals surface area contributed by atoms with Crippen LogP contribution in [0, 0.1) is 0 Å². The monoisotopic (exact) mass is 347 g/mol. The zero-order chi connectivity index (χ0) is 16.0. The highest BCUT2D eigenvalue weighted by molar-refractivity contribution is 7.91. The van der Waals surface area contributed by atoms with Gasteiger partial charge in [-0.05, 0) is 42.0 Å². The number of fused-ring (bicyclic) bond motifs is 1. The number of sulfone groups is 1. The summed E-state index contributed by atoms with van der Waals surface area (Å²) in [5, 5.41) is 4.35. The van der Waals surface area contributed by atoms with E-state index in [1.54, 1.807) is 12.1 Å². The van der Waals surface area contributed by atoms with Crippen molar-refractivity contribution >= 4 is 21.4 Å². The Morgan fingerprint density at radius 1 is 0.957 bits per heavy atom. The Balaban J connectivity index is 1.45. The predicted octanol–water partition coefficient (Wildman–Crippen LogP) is 3.70. The summed E-state index contributed by atoms with van der Waals surface area (Å²) in [7, 11) is -3.14. The maximum Gasteiger partial charge on any atom is 0.180 e. The lowest BCUT2D eigenvalue weighted by Gasteiger charge is -2.38. The zero-order valence-corrected chi connectivity index (χ0v) is 14.1. The van der Waals surface area contributed by atoms with Crippen LogP contribution in [-0.2, 0) is 9.84 Å². The second-order valence-corrected chi connectivity index (χ2v) is 8.84. The van der Waals surface area contributed by atoms with Crippen LogP contribution in [0.2, 0.25) is 5.02 Å². The van der Waals surface area contributed by atoms with Crippen molar-refractivity contribution in [1.82, 2.24) is 5.32 Å². The smallest absolute Gasteiger partial charge is 0.180 e. The van der Waals surface area contributed by atoms with Gasteiger partial charge in [0, 0.05) is 17.1 Å². The van der Waals surface area contributed by atoms with Gasteiger partial charge in [-0.25, -0.2) is 8.42 Å². The fourth-order valence-corrected chi connectivity index (χ4v) is 5.73. The lowest BCUT2D eigenvalue weighted by molar-refractivity contribution is 0.272. The molecule has 0 saturated heterocycles. The highest BCUT2D eigenvalue weighted by Gasteiger charge is 2.38. The fourth-order valence-electron chi connectivity index (χ4n) is 3.69. The molecule has 0 radical (unpaired) electrons. The first kappa shape index (κ1) is 15.2. The first-order chi connectivity index (χ1) is 11.0. The van der Waals surface area contributed by atoms with Gasteiger partial charge in [-0.3, -0.25) is 0 Å². The molecule has 2 aliphatic rings. The molecule has 1 saturated carbocycles. The molecule has 1 unspecified atom stereocenters. The van der Waals surface area contributed by atoms with E-state index in [1.165, 1.54) is 5.56 Å². The predicted molar refractivity (Wildman–Crippen MR) is 91.6 cm³/mol. The summed E-state index contributed by atoms with van der Waals surface area (Å²) >= 11 is 6.25. The van der Waals surface area contributed by atoms with E-state index >= 15 is 0 Å². The van der Waals surface area contributed by atoms with E-state index in [4.69, 9.17) is 11.6 Å². The average Bonchev–Trinajstić information content (AvgIpc) is 2.75. The molecule has 5 heteroatoms. The van der Waals surface area contributed by atoms with E-state index in [2.05, 4.69) is 11.4 Å². The molecule has 0 amide bonds. The Kier molecular flexibility index (Phi) is 3.71. The first-order valence-electron chi connectivity index (χ1n) is 7.87. The van der Waals surface area contributed by atoms with Crippen molar-refractivity contribution in [2.75, 3.05) is 5.75 Å². The number of nitrogens with one attached hydrogen (secondary N) is 1. The second-order valence-electron chi connectivity index (χ2n) is 6.43. The average molecular weight is 348 g/mol. The lowest BCUT2D eigenvalue weighted by Crippen LogP contribution is -2.42. The van der Waals surface area contributed by atoms with Crippen molar-refractivity contribution in [2.24, 2.45) is 0 Å². The minimum absolute atomic E-state index is 0.0894. The molecule has 120 valence electrons. The minimum Gasteiger partial charge on any atom is -0.306 e. The van der Waals surface area contributed by atoms with E-state index in [0.717, 1.165) is 23.4 Å². The largest absolute Gasteiger partial charge is 0.306 e. The molecule has 1 aliphatic heterocycles. The quantitative estimate of drug-likeness (QED) is 0.920. The van der Waals surface area contributed by atoms with E-state index < -0.39 is 9.84 Å². The van der Waals surface area contributed by atoms with Gasteiger partial charge in [0.25, 0.3) is 0 Å². The molecule has 0 bridgehead atoms. The van der Waals surface area contributed by atoms with Crippen molar-refractivity contribution in [2.45, 2.75) is 35.7 Å². The molecular weight excluding hydrogens is 330 g/mol. The van der Waals surface area contributed by atoms with Gasteiger partial charge in [-0.15, -0.1) is 0 Å². The topological polar surface area (TPSA) is 46.2 Å². The van der Waals surface area contributed by atoms with Crippen LogP contribution in [-0.4, -0.2) is 20.2 Å². The normalized spacial score (nSPS) is 28.1. The second kappa shape index (κ2) is 5.62. The van der Waals surface area contributed by atoms with Crippen LogP contribution in [0.25, 0.3) is 0 Å². The van der Waals surface area contributed by atoms with Gasteiger partial charge in [-0.1, -0.05) is 48.0 Å². The maximum absolute atomic E-state index is 12.2. The summed E-state index contributed by atoms with van der Waals surface area (Å²) < 4.78 is 24.4. The molecule has 0 aromatic heterocycles. The van der Waals surface area contributed by atoms with Crippen LogP contribution in [0.4, 0.5) is 0 Å². The summed E-state index contributed by atoms with van der Waals surface area (Å²) in [4.78, 5) is 0.486. The maximum atomic E-state index is 12.2. The van der Waals surface area contributed by atoms with Crippen LogP contribution >= 0.6 is 11.6 Å². The molecule has 23 heavy (non-hydrogen) atoms. The number of benzene rings is 2. The summed E-state index contributed by atoms with van der Waals surface area (Å²) in [5.74, 6) is 0.633. The van der Waals surface area contributed by atoms with Crippen LogP contribution < -0.4 is 5.32 Å². The molecule has 1 N–H and O–H groups in total. The van der Waals surface area contributed by atoms with E-state index in [-0.39, 0.29) is 11.8 Å². The molecule has 1 fully saturated rings. The van der Waals surface area contributed by atoms with E-state index in [1.807, 2.05) is 30.3 Å². The van der Waals surface area contributed by atoms with E-state index in [0.29, 0.717) is 16.9 Å². The van der Waals surface area contributed by atoms with Gasteiger partial charge in [0.15, 0.2) is 9.84 Å². The van der Waals surface area contributed by atoms with Gasteiger partial charge < -0.3 is 5.32 Å². The summed E-state index contributed by atoms with van der Waals surface area (Å²) in [5.41, 5.74) is 2.11. The van der Waals surface area contributed by atoms with Crippen molar-refractivity contribution in [3.8, 4) is 0 Å². The SMILES string of the molecule is O=S1(=O)CC(NC2CC(c3ccccc3Cl)C2)c2ccccc21. The third-order valence-electron chi connectivity index (χ3n) is 4.94. The van der Waals surface area contributed by atoms with Crippen LogP contribution in [0.3, 0.4) is 0 Å². The first-order valence-corrected chi connectivity index (χ1v) is 9.90. The summed E-state index contributed by atoms with van der Waals surface area (Å²) in [6.07, 6.45) is 2.00. The van der Waals surface area contributed by atoms with Crippen LogP contribution in [0.15, 0.2) is 53.4 Å². The Bertz CT molecular complexity index is 844. The minimum atomic E-state index is -3.14. The molecule has 1 heterocycles. The van der Waals surface area contributed by atoms with Crippen molar-refractivity contribution in [3.63, 3.8) is 0 Å². The van der Waals surface area contributed by atoms with E-state index in [9.17, 15) is 8.42 Å². The Morgan fingerprint density at radius 3 is 2.35 bits per heavy atom. The van der Waals surface area contributed by atoms with Crippen LogP contribution in [0.1, 0.15) is 35.9 Å². The zero-order valence-electron chi connectivity index (χ0n) is 12.6. The highest BCUT2D eigenvalue weighted by Crippen LogP contribution is 2.42. The number of hydrogen-bond acceptors (Lipinski definition) is 3. The Hall–Kier alpha value is -1.36. The molecule has 2 aromatic carbocycles. The molecular formula is C18H18ClNO2S. The molecule has 1 atom stereocenters. The number of rotatable bonds is 3. The molecule has 1 aliphatic carbocycles.